The molecule has 1 unspecified atom stereocenters. The number of benzene rings is 1. The second kappa shape index (κ2) is 9.11. The molecular weight excluding hydrogens is 382 g/mol. The smallest absolute Gasteiger partial charge is 0.332 e. The van der Waals surface area contributed by atoms with E-state index in [0.29, 0.717) is 43.0 Å². The third-order valence-corrected chi connectivity index (χ3v) is 5.57. The number of hydrogen-bond donors (Lipinski definition) is 1. The van der Waals surface area contributed by atoms with Crippen LogP contribution < -0.4 is 16.6 Å². The summed E-state index contributed by atoms with van der Waals surface area (Å²) in [6, 6.07) is 10.2. The third kappa shape index (κ3) is 4.37. The van der Waals surface area contributed by atoms with Crippen LogP contribution in [0.15, 0.2) is 46.2 Å². The number of hydrogen-bond acceptors (Lipinski definition) is 4. The lowest BCUT2D eigenvalue weighted by Gasteiger charge is -2.22. The Morgan fingerprint density at radius 2 is 1.80 bits per heavy atom. The summed E-state index contributed by atoms with van der Waals surface area (Å²) in [6.45, 7) is 5.38. The molecule has 1 aromatic carbocycles. The fourth-order valence-electron chi connectivity index (χ4n) is 3.73. The van der Waals surface area contributed by atoms with Gasteiger partial charge >= 0.3 is 5.69 Å². The maximum atomic E-state index is 12.5. The number of carbonyl (C=O) groups is 1. The summed E-state index contributed by atoms with van der Waals surface area (Å²) >= 11 is 0. The van der Waals surface area contributed by atoms with E-state index in [2.05, 4.69) is 36.3 Å². The van der Waals surface area contributed by atoms with Gasteiger partial charge in [-0.2, -0.15) is 0 Å². The molecule has 0 fully saturated rings. The average molecular weight is 412 g/mol. The molecule has 30 heavy (non-hydrogen) atoms. The highest BCUT2D eigenvalue weighted by Crippen LogP contribution is 2.23. The number of rotatable bonds is 8. The highest BCUT2D eigenvalue weighted by molar-refractivity contribution is 5.76. The van der Waals surface area contributed by atoms with E-state index in [0.717, 1.165) is 4.57 Å². The standard InChI is InChI=1S/C22H29N5O3/c1-15(2)17(16-9-6-5-7-10-16)13-23-18(28)11-8-12-27-14-24-20-19(27)21(29)26(4)22(30)25(20)3/h5-7,9-10,14-15,17H,8,11-13H2,1-4H3,(H,23,28). The Morgan fingerprint density at radius 3 is 2.47 bits per heavy atom. The summed E-state index contributed by atoms with van der Waals surface area (Å²) in [6.07, 6.45) is 2.47. The molecule has 8 nitrogen and oxygen atoms in total. The molecule has 2 heterocycles. The van der Waals surface area contributed by atoms with Gasteiger partial charge < -0.3 is 9.88 Å². The van der Waals surface area contributed by atoms with E-state index >= 15 is 0 Å². The van der Waals surface area contributed by atoms with Crippen LogP contribution in [-0.2, 0) is 25.4 Å². The normalized spacial score (nSPS) is 12.4. The minimum absolute atomic E-state index is 0.0127. The van der Waals surface area contributed by atoms with E-state index in [1.165, 1.54) is 17.2 Å². The summed E-state index contributed by atoms with van der Waals surface area (Å²) in [7, 11) is 3.04. The topological polar surface area (TPSA) is 90.9 Å². The maximum Gasteiger partial charge on any atom is 0.332 e. The van der Waals surface area contributed by atoms with Crippen LogP contribution in [0.4, 0.5) is 0 Å². The Labute approximate surface area is 175 Å². The van der Waals surface area contributed by atoms with Crippen molar-refractivity contribution in [2.45, 2.75) is 39.2 Å². The molecule has 1 atom stereocenters. The van der Waals surface area contributed by atoms with Crippen molar-refractivity contribution in [3.8, 4) is 0 Å². The van der Waals surface area contributed by atoms with Gasteiger partial charge in [0.15, 0.2) is 11.2 Å². The molecule has 0 saturated heterocycles. The van der Waals surface area contributed by atoms with Crippen molar-refractivity contribution in [2.75, 3.05) is 6.54 Å². The van der Waals surface area contributed by atoms with E-state index in [1.807, 2.05) is 18.2 Å². The van der Waals surface area contributed by atoms with Crippen LogP contribution in [-0.4, -0.2) is 31.1 Å². The Kier molecular flexibility index (Phi) is 6.54. The van der Waals surface area contributed by atoms with E-state index < -0.39 is 5.69 Å². The predicted molar refractivity (Wildman–Crippen MR) is 116 cm³/mol. The van der Waals surface area contributed by atoms with Crippen LogP contribution in [0, 0.1) is 5.92 Å². The molecule has 1 N–H and O–H groups in total. The van der Waals surface area contributed by atoms with Crippen molar-refractivity contribution in [2.24, 2.45) is 20.0 Å². The van der Waals surface area contributed by atoms with Gasteiger partial charge in [-0.1, -0.05) is 44.2 Å². The molecule has 160 valence electrons. The van der Waals surface area contributed by atoms with Gasteiger partial charge in [0.1, 0.15) is 0 Å². The molecule has 0 bridgehead atoms. The Bertz CT molecular complexity index is 1140. The van der Waals surface area contributed by atoms with Gasteiger partial charge in [0.05, 0.1) is 6.33 Å². The largest absolute Gasteiger partial charge is 0.355 e. The van der Waals surface area contributed by atoms with Crippen LogP contribution in [0.2, 0.25) is 0 Å². The minimum atomic E-state index is -0.407. The lowest BCUT2D eigenvalue weighted by Crippen LogP contribution is -2.37. The highest BCUT2D eigenvalue weighted by Gasteiger charge is 2.17. The predicted octanol–water partition coefficient (Wildman–Crippen LogP) is 1.77. The van der Waals surface area contributed by atoms with E-state index in [-0.39, 0.29) is 17.4 Å². The molecule has 2 aromatic heterocycles. The zero-order valence-electron chi connectivity index (χ0n) is 18.0. The molecule has 0 radical (unpaired) electrons. The number of amides is 1. The van der Waals surface area contributed by atoms with Gasteiger partial charge in [-0.05, 0) is 17.9 Å². The zero-order chi connectivity index (χ0) is 21.8. The zero-order valence-corrected chi connectivity index (χ0v) is 18.0. The van der Waals surface area contributed by atoms with Gasteiger partial charge in [0.25, 0.3) is 5.56 Å². The van der Waals surface area contributed by atoms with Crippen molar-refractivity contribution >= 4 is 17.1 Å². The van der Waals surface area contributed by atoms with E-state index in [1.54, 1.807) is 17.9 Å². The first-order valence-electron chi connectivity index (χ1n) is 10.2. The quantitative estimate of drug-likeness (QED) is 0.612. The van der Waals surface area contributed by atoms with Crippen LogP contribution in [0.25, 0.3) is 11.2 Å². The van der Waals surface area contributed by atoms with E-state index in [9.17, 15) is 14.4 Å². The Balaban J connectivity index is 1.60. The fourth-order valence-corrected chi connectivity index (χ4v) is 3.73. The monoisotopic (exact) mass is 411 g/mol. The van der Waals surface area contributed by atoms with Gasteiger partial charge in [0.2, 0.25) is 5.91 Å². The highest BCUT2D eigenvalue weighted by atomic mass is 16.2. The number of fused-ring (bicyclic) bond motifs is 1. The van der Waals surface area contributed by atoms with Crippen molar-refractivity contribution in [1.29, 1.82) is 0 Å². The number of carbonyl (C=O) groups excluding carboxylic acids is 1. The first kappa shape index (κ1) is 21.5. The lowest BCUT2D eigenvalue weighted by molar-refractivity contribution is -0.121. The van der Waals surface area contributed by atoms with Crippen molar-refractivity contribution in [3.63, 3.8) is 0 Å². The summed E-state index contributed by atoms with van der Waals surface area (Å²) in [5, 5.41) is 3.04. The molecule has 1 amide bonds. The SMILES string of the molecule is CC(C)C(CNC(=O)CCCn1cnc2c1c(=O)n(C)c(=O)n2C)c1ccccc1. The summed E-state index contributed by atoms with van der Waals surface area (Å²) in [5.41, 5.74) is 1.17. The second-order valence-electron chi connectivity index (χ2n) is 7.98. The average Bonchev–Trinajstić information content (AvgIpc) is 3.15. The second-order valence-corrected chi connectivity index (χ2v) is 7.98. The molecule has 0 saturated carbocycles. The van der Waals surface area contributed by atoms with Crippen LogP contribution in [0.3, 0.4) is 0 Å². The van der Waals surface area contributed by atoms with Crippen molar-refractivity contribution in [1.82, 2.24) is 24.0 Å². The number of aromatic nitrogens is 4. The van der Waals surface area contributed by atoms with Gasteiger partial charge in [-0.15, -0.1) is 0 Å². The summed E-state index contributed by atoms with van der Waals surface area (Å²) in [5.74, 6) is 0.659. The molecular formula is C22H29N5O3. The minimum Gasteiger partial charge on any atom is -0.355 e. The van der Waals surface area contributed by atoms with Gasteiger partial charge in [-0.25, -0.2) is 9.78 Å². The van der Waals surface area contributed by atoms with Crippen molar-refractivity contribution < 1.29 is 4.79 Å². The van der Waals surface area contributed by atoms with Crippen LogP contribution >= 0.6 is 0 Å². The maximum absolute atomic E-state index is 12.5. The van der Waals surface area contributed by atoms with E-state index in [4.69, 9.17) is 0 Å². The fraction of sp³-hybridized carbons (Fsp3) is 0.455. The third-order valence-electron chi connectivity index (χ3n) is 5.57. The molecule has 0 spiro atoms. The number of nitrogens with one attached hydrogen (secondary N) is 1. The molecule has 3 rings (SSSR count). The van der Waals surface area contributed by atoms with Crippen LogP contribution in [0.5, 0.6) is 0 Å². The van der Waals surface area contributed by atoms with Crippen molar-refractivity contribution in [3.05, 3.63) is 63.1 Å². The molecule has 3 aromatic rings. The van der Waals surface area contributed by atoms with Crippen LogP contribution in [0.1, 0.15) is 38.2 Å². The van der Waals surface area contributed by atoms with Gasteiger partial charge in [-0.3, -0.25) is 18.7 Å². The molecule has 8 heteroatoms. The Morgan fingerprint density at radius 1 is 1.10 bits per heavy atom. The molecule has 0 aliphatic carbocycles. The number of aryl methyl sites for hydroxylation is 2. The summed E-state index contributed by atoms with van der Waals surface area (Å²) in [4.78, 5) is 41.1. The number of imidazole rings is 1. The van der Waals surface area contributed by atoms with Gasteiger partial charge in [0, 0.05) is 39.5 Å². The lowest BCUT2D eigenvalue weighted by atomic mass is 9.88. The Hall–Kier alpha value is -3.16. The molecule has 0 aliphatic rings. The summed E-state index contributed by atoms with van der Waals surface area (Å²) < 4.78 is 4.14. The number of nitrogens with zero attached hydrogens (tertiary/aromatic N) is 4. The molecule has 0 aliphatic heterocycles. The first-order chi connectivity index (χ1) is 14.3. The first-order valence-corrected chi connectivity index (χ1v) is 10.2.